The van der Waals surface area contributed by atoms with Crippen LogP contribution in [-0.4, -0.2) is 39.4 Å². The van der Waals surface area contributed by atoms with E-state index in [-0.39, 0.29) is 10.7 Å². The van der Waals surface area contributed by atoms with E-state index in [9.17, 15) is 27.6 Å². The first-order valence-corrected chi connectivity index (χ1v) is 9.24. The molecule has 130 valence electrons. The molecule has 1 amide bonds. The van der Waals surface area contributed by atoms with Crippen LogP contribution in [0.1, 0.15) is 13.8 Å². The Labute approximate surface area is 144 Å². The summed E-state index contributed by atoms with van der Waals surface area (Å²) >= 11 is 5.94. The van der Waals surface area contributed by atoms with Crippen molar-refractivity contribution >= 4 is 46.1 Å². The highest BCUT2D eigenvalue weighted by molar-refractivity contribution is 7.99. The lowest BCUT2D eigenvalue weighted by Crippen LogP contribution is -2.52. The Morgan fingerprint density at radius 3 is 2.48 bits per heavy atom. The highest BCUT2D eigenvalue weighted by Crippen LogP contribution is 2.39. The lowest BCUT2D eigenvalue weighted by molar-refractivity contribution is -0.242. The first-order valence-electron chi connectivity index (χ1n) is 6.32. The summed E-state index contributed by atoms with van der Waals surface area (Å²) in [6.07, 6.45) is -3.47. The van der Waals surface area contributed by atoms with Crippen LogP contribution < -0.4 is 5.32 Å². The summed E-state index contributed by atoms with van der Waals surface area (Å²) < 4.78 is 49.9. The van der Waals surface area contributed by atoms with Crippen molar-refractivity contribution in [3.63, 3.8) is 0 Å². The number of alkyl halides is 3. The number of hydrogen-bond acceptors (Lipinski definition) is 4. The van der Waals surface area contributed by atoms with Crippen LogP contribution in [0.5, 0.6) is 0 Å². The van der Waals surface area contributed by atoms with Gasteiger partial charge in [-0.1, -0.05) is 11.6 Å². The molecule has 1 unspecified atom stereocenters. The van der Waals surface area contributed by atoms with Crippen LogP contribution in [0.4, 0.5) is 18.9 Å². The van der Waals surface area contributed by atoms with Crippen LogP contribution in [0.25, 0.3) is 0 Å². The van der Waals surface area contributed by atoms with Gasteiger partial charge in [-0.3, -0.25) is 4.79 Å². The molecule has 0 saturated heterocycles. The monoisotopic (exact) mass is 389 g/mol. The van der Waals surface area contributed by atoms with E-state index in [0.717, 1.165) is 11.8 Å². The predicted octanol–water partition coefficient (Wildman–Crippen LogP) is 3.44. The van der Waals surface area contributed by atoms with Crippen molar-refractivity contribution in [2.45, 2.75) is 35.4 Å². The van der Waals surface area contributed by atoms with Gasteiger partial charge in [0.25, 0.3) is 5.91 Å². The number of anilines is 1. The second kappa shape index (κ2) is 7.52. The minimum Gasteiger partial charge on any atom is -0.611 e. The SMILES string of the molecule is CC[S+]([O-])c1ccc(NC(=O)[C@@](C)(O)C(F)(F)F)c(Cl)c1SC. The lowest BCUT2D eigenvalue weighted by Gasteiger charge is -2.25. The fourth-order valence-corrected chi connectivity index (χ4v) is 3.96. The molecule has 2 N–H and O–H groups in total. The van der Waals surface area contributed by atoms with Crippen LogP contribution in [0.2, 0.25) is 5.02 Å². The van der Waals surface area contributed by atoms with Crippen LogP contribution in [-0.2, 0) is 16.0 Å². The number of nitrogens with one attached hydrogen (secondary N) is 1. The molecule has 0 radical (unpaired) electrons. The smallest absolute Gasteiger partial charge is 0.426 e. The average Bonchev–Trinajstić information content (AvgIpc) is 2.46. The second-order valence-electron chi connectivity index (χ2n) is 4.62. The molecule has 10 heteroatoms. The van der Waals surface area contributed by atoms with Gasteiger partial charge >= 0.3 is 6.18 Å². The van der Waals surface area contributed by atoms with Crippen molar-refractivity contribution in [1.29, 1.82) is 0 Å². The molecule has 23 heavy (non-hydrogen) atoms. The first-order chi connectivity index (χ1) is 10.5. The van der Waals surface area contributed by atoms with Gasteiger partial charge in [0.1, 0.15) is 5.75 Å². The molecule has 0 aliphatic heterocycles. The fourth-order valence-electron chi connectivity index (χ4n) is 1.53. The molecular formula is C13H15ClF3NO3S2. The van der Waals surface area contributed by atoms with E-state index in [0.29, 0.717) is 22.5 Å². The van der Waals surface area contributed by atoms with E-state index < -0.39 is 28.9 Å². The van der Waals surface area contributed by atoms with Crippen molar-refractivity contribution in [3.8, 4) is 0 Å². The Morgan fingerprint density at radius 1 is 1.48 bits per heavy atom. The minimum absolute atomic E-state index is 0.0249. The standard InChI is InChI=1S/C13H15ClF3NO3S2/c1-4-23(21)8-6-5-7(9(14)10(8)22-3)18-11(19)12(2,20)13(15,16)17/h5-6,20H,4H2,1-3H3,(H,18,19)/t12-,23?/m1/s1. The third kappa shape index (κ3) is 4.27. The average molecular weight is 390 g/mol. The normalized spacial score (nSPS) is 15.9. The highest BCUT2D eigenvalue weighted by atomic mass is 35.5. The van der Waals surface area contributed by atoms with Gasteiger partial charge in [-0.2, -0.15) is 13.2 Å². The lowest BCUT2D eigenvalue weighted by atomic mass is 10.1. The number of hydrogen-bond donors (Lipinski definition) is 2. The zero-order chi connectivity index (χ0) is 18.0. The number of aliphatic hydroxyl groups is 1. The number of rotatable bonds is 5. The molecule has 0 aliphatic carbocycles. The molecule has 1 aromatic rings. The van der Waals surface area contributed by atoms with E-state index in [1.807, 2.05) is 5.32 Å². The summed E-state index contributed by atoms with van der Waals surface area (Å²) in [5, 5.41) is 11.3. The Morgan fingerprint density at radius 2 is 2.04 bits per heavy atom. The van der Waals surface area contributed by atoms with Gasteiger partial charge in [-0.15, -0.1) is 11.8 Å². The number of halogens is 4. The van der Waals surface area contributed by atoms with Crippen molar-refractivity contribution in [3.05, 3.63) is 17.2 Å². The summed E-state index contributed by atoms with van der Waals surface area (Å²) in [5.74, 6) is -1.30. The molecule has 1 aromatic carbocycles. The first kappa shape index (κ1) is 20.4. The van der Waals surface area contributed by atoms with Gasteiger partial charge in [-0.05, 0) is 43.4 Å². The molecule has 0 saturated carbocycles. The fraction of sp³-hybridized carbons (Fsp3) is 0.462. The third-order valence-corrected chi connectivity index (χ3v) is 5.84. The zero-order valence-corrected chi connectivity index (χ0v) is 14.8. The maximum atomic E-state index is 12.7. The Hall–Kier alpha value is -0.610. The second-order valence-corrected chi connectivity index (χ2v) is 7.52. The summed E-state index contributed by atoms with van der Waals surface area (Å²) in [6.45, 7) is 2.07. The van der Waals surface area contributed by atoms with Gasteiger partial charge < -0.3 is 15.0 Å². The Bertz CT molecular complexity index is 597. The number of thioether (sulfide) groups is 1. The maximum absolute atomic E-state index is 12.7. The zero-order valence-electron chi connectivity index (χ0n) is 12.5. The van der Waals surface area contributed by atoms with E-state index in [2.05, 4.69) is 0 Å². The summed E-state index contributed by atoms with van der Waals surface area (Å²) in [6, 6.07) is 2.69. The number of benzene rings is 1. The molecular weight excluding hydrogens is 375 g/mol. The number of carbonyl (C=O) groups is 1. The topological polar surface area (TPSA) is 72.4 Å². The molecule has 0 aliphatic rings. The predicted molar refractivity (Wildman–Crippen MR) is 85.5 cm³/mol. The Balaban J connectivity index is 3.19. The van der Waals surface area contributed by atoms with Crippen LogP contribution in [0.3, 0.4) is 0 Å². The molecule has 0 spiro atoms. The number of carbonyl (C=O) groups excluding carboxylic acids is 1. The van der Waals surface area contributed by atoms with Crippen LogP contribution in [0, 0.1) is 0 Å². The van der Waals surface area contributed by atoms with Gasteiger partial charge in [0.05, 0.1) is 15.6 Å². The van der Waals surface area contributed by atoms with Crippen LogP contribution in [0.15, 0.2) is 21.9 Å². The summed E-state index contributed by atoms with van der Waals surface area (Å²) in [4.78, 5) is 12.5. The molecule has 0 bridgehead atoms. The molecule has 0 fully saturated rings. The molecule has 2 atom stereocenters. The minimum atomic E-state index is -5.13. The summed E-state index contributed by atoms with van der Waals surface area (Å²) in [7, 11) is 0. The van der Waals surface area contributed by atoms with Gasteiger partial charge in [0.15, 0.2) is 4.90 Å². The number of amides is 1. The summed E-state index contributed by atoms with van der Waals surface area (Å²) in [5.41, 5.74) is -3.65. The molecule has 0 heterocycles. The van der Waals surface area contributed by atoms with E-state index in [4.69, 9.17) is 11.6 Å². The molecule has 0 aromatic heterocycles. The van der Waals surface area contributed by atoms with Crippen molar-refractivity contribution < 1.29 is 27.6 Å². The van der Waals surface area contributed by atoms with Crippen molar-refractivity contribution in [2.75, 3.05) is 17.3 Å². The quantitative estimate of drug-likeness (QED) is 0.597. The largest absolute Gasteiger partial charge is 0.611 e. The van der Waals surface area contributed by atoms with E-state index >= 15 is 0 Å². The van der Waals surface area contributed by atoms with Gasteiger partial charge in [-0.25, -0.2) is 0 Å². The highest BCUT2D eigenvalue weighted by Gasteiger charge is 2.55. The van der Waals surface area contributed by atoms with Crippen LogP contribution >= 0.6 is 23.4 Å². The maximum Gasteiger partial charge on any atom is 0.426 e. The van der Waals surface area contributed by atoms with Crippen molar-refractivity contribution in [2.24, 2.45) is 0 Å². The van der Waals surface area contributed by atoms with Gasteiger partial charge in [0.2, 0.25) is 5.60 Å². The Kier molecular flexibility index (Phi) is 6.68. The van der Waals surface area contributed by atoms with E-state index in [1.54, 1.807) is 13.2 Å². The molecule has 4 nitrogen and oxygen atoms in total. The molecule has 1 rings (SSSR count). The van der Waals surface area contributed by atoms with Gasteiger partial charge in [0, 0.05) is 0 Å². The third-order valence-electron chi connectivity index (χ3n) is 3.01. The van der Waals surface area contributed by atoms with E-state index in [1.165, 1.54) is 12.1 Å². The van der Waals surface area contributed by atoms with Crippen molar-refractivity contribution in [1.82, 2.24) is 0 Å².